The normalized spacial score (nSPS) is 18.1. The summed E-state index contributed by atoms with van der Waals surface area (Å²) in [5.74, 6) is 0.913. The number of anilines is 1. The van der Waals surface area contributed by atoms with Crippen molar-refractivity contribution in [1.82, 2.24) is 30.3 Å². The number of aromatic nitrogens is 3. The zero-order valence-electron chi connectivity index (χ0n) is 24.7. The average molecular weight is 560 g/mol. The fourth-order valence-electron chi connectivity index (χ4n) is 5.38. The van der Waals surface area contributed by atoms with Crippen molar-refractivity contribution < 1.29 is 14.3 Å². The molecule has 1 aliphatic carbocycles. The highest BCUT2D eigenvalue weighted by molar-refractivity contribution is 6.07. The molecule has 10 nitrogen and oxygen atoms in total. The van der Waals surface area contributed by atoms with Crippen LogP contribution in [0.4, 0.5) is 5.82 Å². The molecular formula is C31H41N7O3. The van der Waals surface area contributed by atoms with Gasteiger partial charge in [0.25, 0.3) is 11.8 Å². The lowest BCUT2D eigenvalue weighted by molar-refractivity contribution is 0.0929. The number of pyridine rings is 1. The highest BCUT2D eigenvalue weighted by Crippen LogP contribution is 2.40. The molecule has 1 aliphatic heterocycles. The van der Waals surface area contributed by atoms with Crippen molar-refractivity contribution in [2.75, 3.05) is 38.0 Å². The molecule has 0 bridgehead atoms. The minimum absolute atomic E-state index is 0.294. The van der Waals surface area contributed by atoms with Crippen molar-refractivity contribution in [3.63, 3.8) is 0 Å². The molecule has 2 aliphatic rings. The molecule has 10 heteroatoms. The highest BCUT2D eigenvalue weighted by Gasteiger charge is 2.28. The van der Waals surface area contributed by atoms with Gasteiger partial charge in [-0.25, -0.2) is 0 Å². The largest absolute Gasteiger partial charge is 0.482 e. The van der Waals surface area contributed by atoms with Crippen molar-refractivity contribution in [2.24, 2.45) is 7.05 Å². The van der Waals surface area contributed by atoms with Gasteiger partial charge in [0.05, 0.1) is 11.3 Å². The lowest BCUT2D eigenvalue weighted by atomic mass is 10.0. The van der Waals surface area contributed by atoms with Gasteiger partial charge in [0.15, 0.2) is 11.9 Å². The zero-order chi connectivity index (χ0) is 29.1. The second kappa shape index (κ2) is 12.4. The molecule has 1 saturated heterocycles. The number of nitrogens with zero attached hydrogens (tertiary/aromatic N) is 4. The van der Waals surface area contributed by atoms with E-state index in [4.69, 9.17) is 9.72 Å². The summed E-state index contributed by atoms with van der Waals surface area (Å²) < 4.78 is 8.33. The van der Waals surface area contributed by atoms with Crippen LogP contribution < -0.4 is 20.7 Å². The Hall–Kier alpha value is -3.76. The Balaban J connectivity index is 1.46. The van der Waals surface area contributed by atoms with Crippen LogP contribution in [0, 0.1) is 13.8 Å². The van der Waals surface area contributed by atoms with E-state index in [-0.39, 0.29) is 11.8 Å². The van der Waals surface area contributed by atoms with E-state index < -0.39 is 6.10 Å². The number of amides is 2. The minimum atomic E-state index is -0.392. The lowest BCUT2D eigenvalue weighted by Gasteiger charge is -2.34. The second-order valence-electron chi connectivity index (χ2n) is 11.3. The van der Waals surface area contributed by atoms with Gasteiger partial charge < -0.3 is 20.7 Å². The second-order valence-corrected chi connectivity index (χ2v) is 11.3. The minimum Gasteiger partial charge on any atom is -0.482 e. The molecule has 2 aromatic heterocycles. The van der Waals surface area contributed by atoms with E-state index in [0.29, 0.717) is 53.3 Å². The van der Waals surface area contributed by atoms with Crippen LogP contribution in [0.25, 0.3) is 0 Å². The molecule has 0 spiro atoms. The summed E-state index contributed by atoms with van der Waals surface area (Å²) in [5, 5.41) is 13.6. The monoisotopic (exact) mass is 559 g/mol. The van der Waals surface area contributed by atoms with Gasteiger partial charge >= 0.3 is 0 Å². The van der Waals surface area contributed by atoms with Gasteiger partial charge in [-0.2, -0.15) is 5.10 Å². The first kappa shape index (κ1) is 28.8. The Bertz CT molecular complexity index is 1400. The number of hydrogen-bond acceptors (Lipinski definition) is 7. The summed E-state index contributed by atoms with van der Waals surface area (Å²) in [6.07, 6.45) is 5.84. The molecule has 1 saturated carbocycles. The maximum absolute atomic E-state index is 13.3. The number of nitrogens with one attached hydrogen (secondary N) is 3. The molecule has 5 rings (SSSR count). The van der Waals surface area contributed by atoms with Crippen molar-refractivity contribution in [3.05, 3.63) is 70.2 Å². The fourth-order valence-corrected chi connectivity index (χ4v) is 5.38. The fraction of sp³-hybridized carbons (Fsp3) is 0.484. The number of ether oxygens (including phenoxy) is 1. The third-order valence-electron chi connectivity index (χ3n) is 7.73. The third kappa shape index (κ3) is 6.94. The molecule has 3 heterocycles. The number of carbonyl (C=O) groups is 2. The number of piperazine rings is 1. The predicted octanol–water partition coefficient (Wildman–Crippen LogP) is 3.73. The maximum Gasteiger partial charge on any atom is 0.257 e. The first-order valence-corrected chi connectivity index (χ1v) is 14.5. The molecule has 1 aromatic carbocycles. The van der Waals surface area contributed by atoms with E-state index in [9.17, 15) is 9.59 Å². The van der Waals surface area contributed by atoms with Crippen LogP contribution in [0.3, 0.4) is 0 Å². The van der Waals surface area contributed by atoms with E-state index in [1.54, 1.807) is 23.9 Å². The number of carbonyl (C=O) groups excluding carboxylic acids is 2. The molecule has 2 amide bonds. The van der Waals surface area contributed by atoms with Gasteiger partial charge in [-0.05, 0) is 75.8 Å². The van der Waals surface area contributed by atoms with E-state index in [0.717, 1.165) is 30.9 Å². The Morgan fingerprint density at radius 2 is 1.95 bits per heavy atom. The molecule has 218 valence electrons. The van der Waals surface area contributed by atoms with Crippen LogP contribution in [-0.2, 0) is 7.05 Å². The summed E-state index contributed by atoms with van der Waals surface area (Å²) in [5.41, 5.74) is 4.35. The summed E-state index contributed by atoms with van der Waals surface area (Å²) in [6, 6.07) is 8.00. The average Bonchev–Trinajstić information content (AvgIpc) is 3.73. The van der Waals surface area contributed by atoms with Crippen LogP contribution in [0.1, 0.15) is 81.8 Å². The van der Waals surface area contributed by atoms with Gasteiger partial charge in [0.2, 0.25) is 0 Å². The quantitative estimate of drug-likeness (QED) is 0.347. The highest BCUT2D eigenvalue weighted by atomic mass is 16.5. The van der Waals surface area contributed by atoms with Gasteiger partial charge in [-0.15, -0.1) is 0 Å². The van der Waals surface area contributed by atoms with Crippen molar-refractivity contribution in [1.29, 1.82) is 0 Å². The van der Waals surface area contributed by atoms with Crippen LogP contribution in [0.15, 0.2) is 36.7 Å². The summed E-state index contributed by atoms with van der Waals surface area (Å²) in [6.45, 7) is 11.6. The molecule has 3 N–H and O–H groups in total. The zero-order valence-corrected chi connectivity index (χ0v) is 24.7. The predicted molar refractivity (Wildman–Crippen MR) is 159 cm³/mol. The van der Waals surface area contributed by atoms with Crippen molar-refractivity contribution in [3.8, 4) is 5.75 Å². The maximum atomic E-state index is 13.3. The Labute approximate surface area is 241 Å². The summed E-state index contributed by atoms with van der Waals surface area (Å²) in [7, 11) is 1.80. The van der Waals surface area contributed by atoms with E-state index in [2.05, 4.69) is 45.0 Å². The Morgan fingerprint density at radius 1 is 1.15 bits per heavy atom. The van der Waals surface area contributed by atoms with Crippen LogP contribution >= 0.6 is 0 Å². The van der Waals surface area contributed by atoms with Crippen LogP contribution in [-0.4, -0.2) is 70.2 Å². The van der Waals surface area contributed by atoms with Gasteiger partial charge in [0, 0.05) is 69.3 Å². The van der Waals surface area contributed by atoms with E-state index in [1.807, 2.05) is 33.2 Å². The summed E-state index contributed by atoms with van der Waals surface area (Å²) >= 11 is 0. The van der Waals surface area contributed by atoms with Crippen LogP contribution in [0.5, 0.6) is 5.75 Å². The topological polar surface area (TPSA) is 113 Å². The molecule has 0 unspecified atom stereocenters. The molecule has 0 radical (unpaired) electrons. The number of aryl methyl sites for hydroxylation is 3. The van der Waals surface area contributed by atoms with Gasteiger partial charge in [0.1, 0.15) is 5.75 Å². The van der Waals surface area contributed by atoms with Gasteiger partial charge in [-0.1, -0.05) is 6.07 Å². The Kier molecular flexibility index (Phi) is 8.70. The summed E-state index contributed by atoms with van der Waals surface area (Å²) in [4.78, 5) is 33.8. The molecule has 41 heavy (non-hydrogen) atoms. The standard InChI is InChI=1S/C31H41N7O3/c1-6-32-30(39)25-14-24(31(40)35-29-20(3)16-37(5)36-29)19(2)13-27(25)41-28(18-38-12-11-33-21(4)17-38)26-10-9-23(15-34-26)22-7-8-22/h9-10,13-16,21-22,28,33H,6-8,11-12,17-18H2,1-5H3,(H,32,39)(H,35,36,40)/t21-,28-/m1/s1. The van der Waals surface area contributed by atoms with E-state index in [1.165, 1.54) is 18.4 Å². The first-order valence-electron chi connectivity index (χ1n) is 14.5. The van der Waals surface area contributed by atoms with Crippen molar-refractivity contribution in [2.45, 2.75) is 58.6 Å². The third-order valence-corrected chi connectivity index (χ3v) is 7.73. The molecule has 2 fully saturated rings. The Morgan fingerprint density at radius 3 is 2.59 bits per heavy atom. The van der Waals surface area contributed by atoms with E-state index >= 15 is 0 Å². The number of hydrogen-bond donors (Lipinski definition) is 3. The lowest BCUT2D eigenvalue weighted by Crippen LogP contribution is -2.50. The number of benzene rings is 1. The first-order chi connectivity index (χ1) is 19.7. The molecule has 2 atom stereocenters. The number of rotatable bonds is 10. The van der Waals surface area contributed by atoms with Crippen molar-refractivity contribution >= 4 is 17.6 Å². The van der Waals surface area contributed by atoms with Gasteiger partial charge in [-0.3, -0.25) is 24.2 Å². The molecule has 3 aromatic rings. The molecular weight excluding hydrogens is 518 g/mol. The van der Waals surface area contributed by atoms with Crippen LogP contribution in [0.2, 0.25) is 0 Å². The SMILES string of the molecule is CCNC(=O)c1cc(C(=O)Nc2nn(C)cc2C)c(C)cc1O[C@H](CN1CCN[C@H](C)C1)c1ccc(C2CC2)cn1. The smallest absolute Gasteiger partial charge is 0.257 e.